The van der Waals surface area contributed by atoms with E-state index in [1.807, 2.05) is 0 Å². The molecule has 0 aliphatic carbocycles. The molecule has 2 N–H and O–H groups in total. The zero-order chi connectivity index (χ0) is 10.6. The number of carbonyl (C=O) groups is 2. The van der Waals surface area contributed by atoms with Gasteiger partial charge in [0, 0.05) is 19.6 Å². The number of carbonyl (C=O) groups excluding carboxylic acids is 1. The number of ether oxygens (including phenoxy) is 1. The summed E-state index contributed by atoms with van der Waals surface area (Å²) in [6.07, 6.45) is -0.554. The van der Waals surface area contributed by atoms with Crippen molar-refractivity contribution in [2.24, 2.45) is 0 Å². The fourth-order valence-corrected chi connectivity index (χ4v) is 1.35. The van der Waals surface area contributed by atoms with E-state index in [0.29, 0.717) is 13.1 Å². The standard InChI is InChI=1S/C8H14N2O4/c1-2-14-8(13)10-4-3-9-5-6(10)7(11)12/h6,9H,2-5H2,1H3,(H,11,12). The molecule has 14 heavy (non-hydrogen) atoms. The van der Waals surface area contributed by atoms with Gasteiger partial charge in [0.05, 0.1) is 6.61 Å². The Bertz CT molecular complexity index is 231. The Morgan fingerprint density at radius 2 is 2.36 bits per heavy atom. The molecule has 1 unspecified atom stereocenters. The second kappa shape index (κ2) is 4.80. The Hall–Kier alpha value is -1.30. The van der Waals surface area contributed by atoms with Gasteiger partial charge in [-0.3, -0.25) is 4.90 Å². The lowest BCUT2D eigenvalue weighted by atomic mass is 10.2. The molecule has 1 fully saturated rings. The maximum Gasteiger partial charge on any atom is 0.410 e. The Morgan fingerprint density at radius 1 is 1.64 bits per heavy atom. The number of rotatable bonds is 2. The van der Waals surface area contributed by atoms with Crippen molar-refractivity contribution in [3.05, 3.63) is 0 Å². The summed E-state index contributed by atoms with van der Waals surface area (Å²) in [6, 6.07) is -0.817. The average Bonchev–Trinajstić information content (AvgIpc) is 2.18. The van der Waals surface area contributed by atoms with Crippen molar-refractivity contribution < 1.29 is 19.4 Å². The molecule has 0 bridgehead atoms. The van der Waals surface area contributed by atoms with E-state index in [-0.39, 0.29) is 13.2 Å². The Kier molecular flexibility index (Phi) is 3.70. The summed E-state index contributed by atoms with van der Waals surface area (Å²) in [7, 11) is 0. The minimum atomic E-state index is -1.01. The summed E-state index contributed by atoms with van der Waals surface area (Å²) in [5.41, 5.74) is 0. The molecule has 1 heterocycles. The molecule has 0 aromatic rings. The van der Waals surface area contributed by atoms with Gasteiger partial charge < -0.3 is 15.2 Å². The SMILES string of the molecule is CCOC(=O)N1CCNCC1C(=O)O. The van der Waals surface area contributed by atoms with Gasteiger partial charge in [-0.2, -0.15) is 0 Å². The number of carboxylic acids is 1. The first-order valence-corrected chi connectivity index (χ1v) is 4.53. The summed E-state index contributed by atoms with van der Waals surface area (Å²) >= 11 is 0. The van der Waals surface area contributed by atoms with Gasteiger partial charge in [-0.1, -0.05) is 0 Å². The van der Waals surface area contributed by atoms with Crippen LogP contribution in [0.15, 0.2) is 0 Å². The molecule has 0 aromatic heterocycles. The summed E-state index contributed by atoms with van der Waals surface area (Å²) < 4.78 is 4.76. The highest BCUT2D eigenvalue weighted by atomic mass is 16.6. The summed E-state index contributed by atoms with van der Waals surface area (Å²) in [4.78, 5) is 23.3. The molecule has 6 nitrogen and oxygen atoms in total. The smallest absolute Gasteiger partial charge is 0.410 e. The molecule has 1 aliphatic rings. The predicted molar refractivity (Wildman–Crippen MR) is 48.0 cm³/mol. The second-order valence-electron chi connectivity index (χ2n) is 2.95. The van der Waals surface area contributed by atoms with Crippen LogP contribution in [-0.2, 0) is 9.53 Å². The molecule has 1 saturated heterocycles. The highest BCUT2D eigenvalue weighted by Gasteiger charge is 2.32. The Morgan fingerprint density at radius 3 is 2.93 bits per heavy atom. The third-order valence-electron chi connectivity index (χ3n) is 2.03. The minimum Gasteiger partial charge on any atom is -0.480 e. The third-order valence-corrected chi connectivity index (χ3v) is 2.03. The lowest BCUT2D eigenvalue weighted by Gasteiger charge is -2.32. The van der Waals surface area contributed by atoms with Gasteiger partial charge in [-0.25, -0.2) is 9.59 Å². The maximum absolute atomic E-state index is 11.3. The van der Waals surface area contributed by atoms with E-state index in [9.17, 15) is 9.59 Å². The molecule has 0 spiro atoms. The highest BCUT2D eigenvalue weighted by Crippen LogP contribution is 2.05. The van der Waals surface area contributed by atoms with E-state index in [2.05, 4.69) is 5.32 Å². The van der Waals surface area contributed by atoms with E-state index < -0.39 is 18.1 Å². The van der Waals surface area contributed by atoms with Crippen molar-refractivity contribution in [1.82, 2.24) is 10.2 Å². The summed E-state index contributed by atoms with van der Waals surface area (Å²) in [5, 5.41) is 11.7. The monoisotopic (exact) mass is 202 g/mol. The average molecular weight is 202 g/mol. The van der Waals surface area contributed by atoms with Crippen LogP contribution in [-0.4, -0.2) is 54.4 Å². The number of piperazine rings is 1. The summed E-state index contributed by atoms with van der Waals surface area (Å²) in [5.74, 6) is -1.01. The van der Waals surface area contributed by atoms with Crippen molar-refractivity contribution in [2.45, 2.75) is 13.0 Å². The fraction of sp³-hybridized carbons (Fsp3) is 0.750. The Balaban J connectivity index is 2.62. The van der Waals surface area contributed by atoms with Gasteiger partial charge in [0.15, 0.2) is 0 Å². The fourth-order valence-electron chi connectivity index (χ4n) is 1.35. The number of nitrogens with one attached hydrogen (secondary N) is 1. The van der Waals surface area contributed by atoms with Crippen molar-refractivity contribution in [1.29, 1.82) is 0 Å². The maximum atomic E-state index is 11.3. The lowest BCUT2D eigenvalue weighted by molar-refractivity contribution is -0.143. The molecule has 0 saturated carbocycles. The van der Waals surface area contributed by atoms with Gasteiger partial charge in [0.25, 0.3) is 0 Å². The van der Waals surface area contributed by atoms with Gasteiger partial charge in [0.1, 0.15) is 6.04 Å². The van der Waals surface area contributed by atoms with Gasteiger partial charge >= 0.3 is 12.1 Å². The number of carboxylic acid groups (broad SMARTS) is 1. The molecule has 1 aliphatic heterocycles. The van der Waals surface area contributed by atoms with Gasteiger partial charge in [-0.05, 0) is 6.92 Å². The lowest BCUT2D eigenvalue weighted by Crippen LogP contribution is -2.57. The summed E-state index contributed by atoms with van der Waals surface area (Å²) in [6.45, 7) is 3.19. The normalized spacial score (nSPS) is 21.8. The largest absolute Gasteiger partial charge is 0.480 e. The zero-order valence-corrected chi connectivity index (χ0v) is 8.02. The Labute approximate surface area is 81.8 Å². The first kappa shape index (κ1) is 10.8. The van der Waals surface area contributed by atoms with Gasteiger partial charge in [0.2, 0.25) is 0 Å². The van der Waals surface area contributed by atoms with Crippen molar-refractivity contribution in [2.75, 3.05) is 26.2 Å². The second-order valence-corrected chi connectivity index (χ2v) is 2.95. The van der Waals surface area contributed by atoms with E-state index in [0.717, 1.165) is 0 Å². The van der Waals surface area contributed by atoms with Gasteiger partial charge in [-0.15, -0.1) is 0 Å². The molecule has 1 rings (SSSR count). The molecular weight excluding hydrogens is 188 g/mol. The minimum absolute atomic E-state index is 0.259. The quantitative estimate of drug-likeness (QED) is 0.631. The van der Waals surface area contributed by atoms with Crippen LogP contribution in [0, 0.1) is 0 Å². The van der Waals surface area contributed by atoms with Crippen molar-refractivity contribution in [3.63, 3.8) is 0 Å². The van der Waals surface area contributed by atoms with Crippen molar-refractivity contribution in [3.8, 4) is 0 Å². The van der Waals surface area contributed by atoms with Crippen LogP contribution < -0.4 is 5.32 Å². The van der Waals surface area contributed by atoms with E-state index >= 15 is 0 Å². The van der Waals surface area contributed by atoms with Crippen LogP contribution >= 0.6 is 0 Å². The molecule has 1 atom stereocenters. The molecule has 0 aromatic carbocycles. The number of hydrogen-bond donors (Lipinski definition) is 2. The third kappa shape index (κ3) is 2.35. The number of hydrogen-bond acceptors (Lipinski definition) is 4. The number of aliphatic carboxylic acids is 1. The van der Waals surface area contributed by atoms with Crippen LogP contribution in [0.1, 0.15) is 6.92 Å². The van der Waals surface area contributed by atoms with E-state index in [4.69, 9.17) is 9.84 Å². The van der Waals surface area contributed by atoms with Crippen LogP contribution in [0.2, 0.25) is 0 Å². The molecule has 0 radical (unpaired) electrons. The van der Waals surface area contributed by atoms with Crippen LogP contribution in [0.3, 0.4) is 0 Å². The van der Waals surface area contributed by atoms with Crippen LogP contribution in [0.25, 0.3) is 0 Å². The van der Waals surface area contributed by atoms with Crippen LogP contribution in [0.4, 0.5) is 4.79 Å². The van der Waals surface area contributed by atoms with Crippen molar-refractivity contribution >= 4 is 12.1 Å². The number of amides is 1. The molecule has 1 amide bonds. The first-order valence-electron chi connectivity index (χ1n) is 4.53. The molecular formula is C8H14N2O4. The zero-order valence-electron chi connectivity index (χ0n) is 8.02. The molecule has 80 valence electrons. The predicted octanol–water partition coefficient (Wildman–Crippen LogP) is -0.499. The first-order chi connectivity index (χ1) is 6.66. The topological polar surface area (TPSA) is 78.9 Å². The van der Waals surface area contributed by atoms with E-state index in [1.165, 1.54) is 4.90 Å². The molecule has 6 heteroatoms. The highest BCUT2D eigenvalue weighted by molar-refractivity contribution is 5.80. The van der Waals surface area contributed by atoms with Crippen LogP contribution in [0.5, 0.6) is 0 Å². The number of nitrogens with zero attached hydrogens (tertiary/aromatic N) is 1. The van der Waals surface area contributed by atoms with E-state index in [1.54, 1.807) is 6.92 Å².